The smallest absolute Gasteiger partial charge is 0.349 e. The van der Waals surface area contributed by atoms with Gasteiger partial charge in [-0.3, -0.25) is 15.1 Å². The maximum atomic E-state index is 12.2. The Kier molecular flexibility index (Phi) is 4.67. The molecule has 0 saturated heterocycles. The van der Waals surface area contributed by atoms with Gasteiger partial charge in [0, 0.05) is 13.1 Å². The molecule has 0 fully saturated rings. The van der Waals surface area contributed by atoms with Crippen LogP contribution >= 0.6 is 0 Å². The largest absolute Gasteiger partial charge is 0.370 e. The summed E-state index contributed by atoms with van der Waals surface area (Å²) in [5.74, 6) is 0.249. The minimum Gasteiger partial charge on any atom is -0.370 e. The number of aliphatic imine (C=N–C) groups is 1. The van der Waals surface area contributed by atoms with Gasteiger partial charge in [0.25, 0.3) is 5.56 Å². The van der Waals surface area contributed by atoms with Crippen molar-refractivity contribution in [2.24, 2.45) is 16.5 Å². The zero-order valence-electron chi connectivity index (χ0n) is 14.5. The van der Waals surface area contributed by atoms with Gasteiger partial charge in [0.15, 0.2) is 17.5 Å². The molecule has 0 bridgehead atoms. The molecule has 0 aliphatic carbocycles. The topological polar surface area (TPSA) is 157 Å². The lowest BCUT2D eigenvalue weighted by atomic mass is 10.1. The SMILES string of the molecule is Cc1cc2nc3c(=O)[nH]c(=O)nc-3n(CCNCN=C(N)N)c2cc1C. The molecule has 1 aromatic carbocycles. The number of H-pyrrole nitrogens is 1. The molecule has 1 aromatic rings. The van der Waals surface area contributed by atoms with E-state index >= 15 is 0 Å². The fourth-order valence-corrected chi connectivity index (χ4v) is 2.69. The van der Waals surface area contributed by atoms with Crippen molar-refractivity contribution in [3.05, 3.63) is 44.1 Å². The van der Waals surface area contributed by atoms with E-state index in [1.807, 2.05) is 30.5 Å². The van der Waals surface area contributed by atoms with Gasteiger partial charge in [0.05, 0.1) is 17.7 Å². The zero-order valence-corrected chi connectivity index (χ0v) is 14.5. The molecule has 10 heteroatoms. The lowest BCUT2D eigenvalue weighted by Gasteiger charge is -2.17. The second-order valence-electron chi connectivity index (χ2n) is 5.97. The van der Waals surface area contributed by atoms with Gasteiger partial charge in [0.1, 0.15) is 0 Å². The predicted octanol–water partition coefficient (Wildman–Crippen LogP) is -0.978. The third kappa shape index (κ3) is 3.40. The van der Waals surface area contributed by atoms with Crippen LogP contribution in [0.3, 0.4) is 0 Å². The van der Waals surface area contributed by atoms with Crippen LogP contribution in [0.2, 0.25) is 0 Å². The van der Waals surface area contributed by atoms with Crippen molar-refractivity contribution in [2.75, 3.05) is 13.2 Å². The van der Waals surface area contributed by atoms with Crippen molar-refractivity contribution < 1.29 is 0 Å². The molecule has 2 aliphatic heterocycles. The van der Waals surface area contributed by atoms with Crippen LogP contribution in [0.4, 0.5) is 0 Å². The summed E-state index contributed by atoms with van der Waals surface area (Å²) in [6, 6.07) is 3.89. The first-order valence-electron chi connectivity index (χ1n) is 8.05. The number of aromatic amines is 1. The number of fused-ring (bicyclic) bond motifs is 2. The molecular weight excluding hydrogens is 336 g/mol. The predicted molar refractivity (Wildman–Crippen MR) is 99.2 cm³/mol. The Morgan fingerprint density at radius 2 is 1.96 bits per heavy atom. The summed E-state index contributed by atoms with van der Waals surface area (Å²) in [4.78, 5) is 38.2. The van der Waals surface area contributed by atoms with Crippen LogP contribution in [-0.2, 0) is 6.54 Å². The highest BCUT2D eigenvalue weighted by molar-refractivity contribution is 5.81. The van der Waals surface area contributed by atoms with Crippen LogP contribution < -0.4 is 28.0 Å². The molecule has 136 valence electrons. The summed E-state index contributed by atoms with van der Waals surface area (Å²) < 4.78 is 1.81. The highest BCUT2D eigenvalue weighted by Gasteiger charge is 2.18. The first-order valence-corrected chi connectivity index (χ1v) is 8.05. The molecular formula is C16H20N8O2. The van der Waals surface area contributed by atoms with Crippen LogP contribution in [0, 0.1) is 13.8 Å². The summed E-state index contributed by atoms with van der Waals surface area (Å²) in [6.07, 6.45) is 0. The molecule has 0 amide bonds. The first kappa shape index (κ1) is 17.5. The number of nitrogens with one attached hydrogen (secondary N) is 2. The number of nitrogens with two attached hydrogens (primary N) is 2. The van der Waals surface area contributed by atoms with Crippen molar-refractivity contribution in [3.63, 3.8) is 0 Å². The lowest BCUT2D eigenvalue weighted by Crippen LogP contribution is -2.31. The summed E-state index contributed by atoms with van der Waals surface area (Å²) >= 11 is 0. The molecule has 2 heterocycles. The first-order chi connectivity index (χ1) is 12.4. The number of aromatic nitrogens is 4. The normalized spacial score (nSPS) is 11.2. The van der Waals surface area contributed by atoms with E-state index in [4.69, 9.17) is 11.5 Å². The lowest BCUT2D eigenvalue weighted by molar-refractivity contribution is 0.612. The molecule has 10 nitrogen and oxygen atoms in total. The van der Waals surface area contributed by atoms with Gasteiger partial charge in [-0.2, -0.15) is 4.98 Å². The Labute approximate surface area is 148 Å². The maximum absolute atomic E-state index is 12.2. The van der Waals surface area contributed by atoms with E-state index in [2.05, 4.69) is 25.3 Å². The Hall–Kier alpha value is -3.27. The minimum absolute atomic E-state index is 0.000242. The van der Waals surface area contributed by atoms with Crippen molar-refractivity contribution in [2.45, 2.75) is 20.4 Å². The molecule has 0 spiro atoms. The number of aryl methyl sites for hydroxylation is 2. The summed E-state index contributed by atoms with van der Waals surface area (Å²) in [5.41, 5.74) is 13.1. The number of hydrogen-bond acceptors (Lipinski definition) is 6. The van der Waals surface area contributed by atoms with Crippen molar-refractivity contribution in [1.29, 1.82) is 0 Å². The summed E-state index contributed by atoms with van der Waals surface area (Å²) in [6.45, 7) is 5.19. The monoisotopic (exact) mass is 356 g/mol. The van der Waals surface area contributed by atoms with Crippen LogP contribution in [0.5, 0.6) is 0 Å². The van der Waals surface area contributed by atoms with Gasteiger partial charge in [-0.05, 0) is 37.1 Å². The number of benzene rings is 1. The second-order valence-corrected chi connectivity index (χ2v) is 5.97. The quantitative estimate of drug-likeness (QED) is 0.198. The van der Waals surface area contributed by atoms with Crippen molar-refractivity contribution >= 4 is 17.0 Å². The third-order valence-corrected chi connectivity index (χ3v) is 4.11. The Balaban J connectivity index is 2.12. The number of guanidine groups is 1. The summed E-state index contributed by atoms with van der Waals surface area (Å²) in [7, 11) is 0. The van der Waals surface area contributed by atoms with Gasteiger partial charge in [-0.15, -0.1) is 0 Å². The zero-order chi connectivity index (χ0) is 18.8. The fourth-order valence-electron chi connectivity index (χ4n) is 2.69. The Bertz CT molecular complexity index is 1080. The van der Waals surface area contributed by atoms with Gasteiger partial charge in [0.2, 0.25) is 0 Å². The van der Waals surface area contributed by atoms with Crippen molar-refractivity contribution in [1.82, 2.24) is 24.8 Å². The van der Waals surface area contributed by atoms with E-state index in [9.17, 15) is 9.59 Å². The summed E-state index contributed by atoms with van der Waals surface area (Å²) in [5, 5.41) is 3.07. The highest BCUT2D eigenvalue weighted by Crippen LogP contribution is 2.23. The van der Waals surface area contributed by atoms with E-state index in [0.29, 0.717) is 18.6 Å². The van der Waals surface area contributed by atoms with Gasteiger partial charge in [-0.1, -0.05) is 0 Å². The third-order valence-electron chi connectivity index (χ3n) is 4.11. The standard InChI is InChI=1S/C16H20N8O2/c1-8-5-10-11(6-9(8)2)24(4-3-19-7-20-15(17)18)13-12(21-10)14(25)23-16(26)22-13/h5-6,19H,3-4,7H2,1-2H3,(H4,17,18,20)(H,23,25,26). The number of rotatable bonds is 5. The Morgan fingerprint density at radius 3 is 2.69 bits per heavy atom. The van der Waals surface area contributed by atoms with Crippen molar-refractivity contribution in [3.8, 4) is 11.5 Å². The van der Waals surface area contributed by atoms with E-state index in [-0.39, 0.29) is 24.1 Å². The molecule has 26 heavy (non-hydrogen) atoms. The molecule has 3 rings (SSSR count). The molecule has 0 saturated carbocycles. The van der Waals surface area contributed by atoms with Crippen LogP contribution in [0.1, 0.15) is 11.1 Å². The Morgan fingerprint density at radius 1 is 1.23 bits per heavy atom. The highest BCUT2D eigenvalue weighted by atomic mass is 16.2. The maximum Gasteiger partial charge on any atom is 0.349 e. The average molecular weight is 356 g/mol. The average Bonchev–Trinajstić information content (AvgIpc) is 2.56. The van der Waals surface area contributed by atoms with Crippen LogP contribution in [0.15, 0.2) is 26.7 Å². The van der Waals surface area contributed by atoms with E-state index in [1.54, 1.807) is 0 Å². The molecule has 2 aliphatic rings. The van der Waals surface area contributed by atoms with Crippen LogP contribution in [-0.4, -0.2) is 38.7 Å². The molecule has 0 unspecified atom stereocenters. The van der Waals surface area contributed by atoms with E-state index in [1.165, 1.54) is 0 Å². The molecule has 0 atom stereocenters. The molecule has 0 aromatic heterocycles. The minimum atomic E-state index is -0.699. The molecule has 6 N–H and O–H groups in total. The van der Waals surface area contributed by atoms with Crippen LogP contribution in [0.25, 0.3) is 22.6 Å². The number of nitrogens with zero attached hydrogens (tertiary/aromatic N) is 4. The molecule has 0 radical (unpaired) electrons. The van der Waals surface area contributed by atoms with Gasteiger partial charge in [-0.25, -0.2) is 14.8 Å². The number of hydrogen-bond donors (Lipinski definition) is 4. The van der Waals surface area contributed by atoms with Gasteiger partial charge < -0.3 is 16.0 Å². The van der Waals surface area contributed by atoms with E-state index in [0.717, 1.165) is 16.6 Å². The fraction of sp³-hybridized carbons (Fsp3) is 0.312. The van der Waals surface area contributed by atoms with Gasteiger partial charge >= 0.3 is 5.69 Å². The second kappa shape index (κ2) is 6.92. The van der Waals surface area contributed by atoms with E-state index < -0.39 is 11.2 Å².